The second-order valence-corrected chi connectivity index (χ2v) is 7.26. The summed E-state index contributed by atoms with van der Waals surface area (Å²) in [7, 11) is -3.05. The Morgan fingerprint density at radius 1 is 1.58 bits per heavy atom. The molecule has 0 bridgehead atoms. The Morgan fingerprint density at radius 3 is 3.00 bits per heavy atom. The molecule has 0 radical (unpaired) electrons. The van der Waals surface area contributed by atoms with Crippen LogP contribution in [0.1, 0.15) is 31.6 Å². The highest BCUT2D eigenvalue weighted by Gasteiger charge is 2.26. The van der Waals surface area contributed by atoms with Crippen molar-refractivity contribution in [1.82, 2.24) is 9.62 Å². The second kappa shape index (κ2) is 6.07. The third-order valence-corrected chi connectivity index (χ3v) is 4.90. The fourth-order valence-corrected chi connectivity index (χ4v) is 3.42. The highest BCUT2D eigenvalue weighted by atomic mass is 32.2. The minimum Gasteiger partial charge on any atom is -0.468 e. The zero-order chi connectivity index (χ0) is 13.9. The van der Waals surface area contributed by atoms with Gasteiger partial charge in [-0.05, 0) is 44.4 Å². The van der Waals surface area contributed by atoms with Crippen molar-refractivity contribution in [1.29, 1.82) is 0 Å². The van der Waals surface area contributed by atoms with Crippen molar-refractivity contribution in [3.05, 3.63) is 24.2 Å². The lowest BCUT2D eigenvalue weighted by Gasteiger charge is -2.31. The summed E-state index contributed by atoms with van der Waals surface area (Å²) in [5, 5.41) is 3.41. The Balaban J connectivity index is 1.83. The van der Waals surface area contributed by atoms with Crippen LogP contribution >= 0.6 is 0 Å². The summed E-state index contributed by atoms with van der Waals surface area (Å²) < 4.78 is 30.0. The lowest BCUT2D eigenvalue weighted by molar-refractivity contribution is 0.253. The zero-order valence-corrected chi connectivity index (χ0v) is 12.3. The molecule has 0 saturated carbocycles. The van der Waals surface area contributed by atoms with Crippen LogP contribution in [-0.4, -0.2) is 38.6 Å². The van der Waals surface area contributed by atoms with Crippen molar-refractivity contribution in [2.45, 2.75) is 25.8 Å². The van der Waals surface area contributed by atoms with E-state index in [1.54, 1.807) is 10.6 Å². The fraction of sp³-hybridized carbons (Fsp3) is 0.692. The number of furan rings is 1. The molecule has 5 nitrogen and oxygen atoms in total. The first-order chi connectivity index (χ1) is 8.97. The van der Waals surface area contributed by atoms with Gasteiger partial charge in [-0.25, -0.2) is 12.7 Å². The molecule has 108 valence electrons. The van der Waals surface area contributed by atoms with Gasteiger partial charge in [0.2, 0.25) is 10.0 Å². The first-order valence-electron chi connectivity index (χ1n) is 6.68. The SMILES string of the molecule is C[C@H](NCC1CCCN(S(C)(=O)=O)C1)c1ccco1. The maximum absolute atomic E-state index is 11.5. The van der Waals surface area contributed by atoms with E-state index < -0.39 is 10.0 Å². The Bertz CT molecular complexity index is 484. The first-order valence-corrected chi connectivity index (χ1v) is 8.53. The maximum atomic E-state index is 11.5. The van der Waals surface area contributed by atoms with Crippen LogP contribution in [0.2, 0.25) is 0 Å². The largest absolute Gasteiger partial charge is 0.468 e. The Morgan fingerprint density at radius 2 is 2.37 bits per heavy atom. The Kier molecular flexibility index (Phi) is 4.65. The van der Waals surface area contributed by atoms with Crippen LogP contribution < -0.4 is 5.32 Å². The van der Waals surface area contributed by atoms with Gasteiger partial charge < -0.3 is 9.73 Å². The molecule has 1 saturated heterocycles. The molecule has 1 aromatic rings. The monoisotopic (exact) mass is 286 g/mol. The molecule has 6 heteroatoms. The van der Waals surface area contributed by atoms with Crippen molar-refractivity contribution in [3.63, 3.8) is 0 Å². The highest BCUT2D eigenvalue weighted by molar-refractivity contribution is 7.88. The van der Waals surface area contributed by atoms with Gasteiger partial charge in [0.1, 0.15) is 5.76 Å². The van der Waals surface area contributed by atoms with Crippen LogP contribution in [0.15, 0.2) is 22.8 Å². The van der Waals surface area contributed by atoms with Gasteiger partial charge >= 0.3 is 0 Å². The predicted molar refractivity (Wildman–Crippen MR) is 74.3 cm³/mol. The topological polar surface area (TPSA) is 62.6 Å². The van der Waals surface area contributed by atoms with E-state index in [0.29, 0.717) is 19.0 Å². The normalized spacial score (nSPS) is 23.4. The van der Waals surface area contributed by atoms with E-state index in [9.17, 15) is 8.42 Å². The molecule has 0 spiro atoms. The van der Waals surface area contributed by atoms with Crippen LogP contribution in [-0.2, 0) is 10.0 Å². The van der Waals surface area contributed by atoms with E-state index in [2.05, 4.69) is 12.2 Å². The number of hydrogen-bond acceptors (Lipinski definition) is 4. The molecule has 0 amide bonds. The van der Waals surface area contributed by atoms with Gasteiger partial charge in [0, 0.05) is 13.1 Å². The van der Waals surface area contributed by atoms with Crippen LogP contribution in [0.25, 0.3) is 0 Å². The summed E-state index contributed by atoms with van der Waals surface area (Å²) >= 11 is 0. The number of sulfonamides is 1. The summed E-state index contributed by atoms with van der Waals surface area (Å²) in [6.07, 6.45) is 4.96. The van der Waals surface area contributed by atoms with Gasteiger partial charge in [-0.1, -0.05) is 0 Å². The van der Waals surface area contributed by atoms with E-state index in [0.717, 1.165) is 25.1 Å². The molecule has 1 N–H and O–H groups in total. The number of nitrogens with zero attached hydrogens (tertiary/aromatic N) is 1. The third-order valence-electron chi connectivity index (χ3n) is 3.63. The van der Waals surface area contributed by atoms with Crippen LogP contribution in [0, 0.1) is 5.92 Å². The molecule has 1 aliphatic heterocycles. The quantitative estimate of drug-likeness (QED) is 0.893. The van der Waals surface area contributed by atoms with Crippen molar-refractivity contribution >= 4 is 10.0 Å². The van der Waals surface area contributed by atoms with Crippen molar-refractivity contribution in [3.8, 4) is 0 Å². The molecule has 2 rings (SSSR count). The van der Waals surface area contributed by atoms with E-state index >= 15 is 0 Å². The molecule has 1 unspecified atom stereocenters. The number of rotatable bonds is 5. The summed E-state index contributed by atoms with van der Waals surface area (Å²) in [5.41, 5.74) is 0. The molecule has 0 aliphatic carbocycles. The van der Waals surface area contributed by atoms with E-state index in [4.69, 9.17) is 4.42 Å². The Hall–Kier alpha value is -0.850. The van der Waals surface area contributed by atoms with Gasteiger partial charge in [-0.3, -0.25) is 0 Å². The van der Waals surface area contributed by atoms with Crippen molar-refractivity contribution < 1.29 is 12.8 Å². The van der Waals surface area contributed by atoms with Gasteiger partial charge in [-0.2, -0.15) is 0 Å². The van der Waals surface area contributed by atoms with Crippen LogP contribution in [0.5, 0.6) is 0 Å². The minimum absolute atomic E-state index is 0.156. The van der Waals surface area contributed by atoms with Gasteiger partial charge in [0.25, 0.3) is 0 Å². The average molecular weight is 286 g/mol. The molecule has 1 fully saturated rings. The molecule has 19 heavy (non-hydrogen) atoms. The third kappa shape index (κ3) is 4.06. The van der Waals surface area contributed by atoms with Crippen molar-refractivity contribution in [2.24, 2.45) is 5.92 Å². The number of piperidine rings is 1. The number of hydrogen-bond donors (Lipinski definition) is 1. The average Bonchev–Trinajstić information content (AvgIpc) is 2.89. The lowest BCUT2D eigenvalue weighted by Crippen LogP contribution is -2.42. The van der Waals surface area contributed by atoms with Crippen LogP contribution in [0.4, 0.5) is 0 Å². The lowest BCUT2D eigenvalue weighted by atomic mass is 9.99. The molecule has 2 atom stereocenters. The zero-order valence-electron chi connectivity index (χ0n) is 11.5. The summed E-state index contributed by atoms with van der Waals surface area (Å²) in [5.74, 6) is 1.29. The first kappa shape index (κ1) is 14.6. The second-order valence-electron chi connectivity index (χ2n) is 5.27. The van der Waals surface area contributed by atoms with Crippen LogP contribution in [0.3, 0.4) is 0 Å². The van der Waals surface area contributed by atoms with Gasteiger partial charge in [-0.15, -0.1) is 0 Å². The summed E-state index contributed by atoms with van der Waals surface area (Å²) in [4.78, 5) is 0. The van der Waals surface area contributed by atoms with Gasteiger partial charge in [0.15, 0.2) is 0 Å². The molecular formula is C13H22N2O3S. The van der Waals surface area contributed by atoms with Crippen molar-refractivity contribution in [2.75, 3.05) is 25.9 Å². The van der Waals surface area contributed by atoms with E-state index in [1.165, 1.54) is 6.26 Å². The smallest absolute Gasteiger partial charge is 0.211 e. The van der Waals surface area contributed by atoms with E-state index in [1.807, 2.05) is 12.1 Å². The highest BCUT2D eigenvalue weighted by Crippen LogP contribution is 2.19. The standard InChI is InChI=1S/C13H22N2O3S/c1-11(13-6-4-8-18-13)14-9-12-5-3-7-15(10-12)19(2,16)17/h4,6,8,11-12,14H,3,5,7,9-10H2,1-2H3/t11-,12?/m0/s1. The molecular weight excluding hydrogens is 264 g/mol. The summed E-state index contributed by atoms with van der Waals surface area (Å²) in [6, 6.07) is 3.98. The molecule has 0 aromatic carbocycles. The van der Waals surface area contributed by atoms with Gasteiger partial charge in [0.05, 0.1) is 18.6 Å². The molecule has 1 aromatic heterocycles. The summed E-state index contributed by atoms with van der Waals surface area (Å²) in [6.45, 7) is 4.14. The number of nitrogens with one attached hydrogen (secondary N) is 1. The van der Waals surface area contributed by atoms with E-state index in [-0.39, 0.29) is 6.04 Å². The molecule has 1 aliphatic rings. The predicted octanol–water partition coefficient (Wildman–Crippen LogP) is 1.60. The fourth-order valence-electron chi connectivity index (χ4n) is 2.48. The Labute approximate surface area is 115 Å². The molecule has 2 heterocycles. The maximum Gasteiger partial charge on any atom is 0.211 e. The minimum atomic E-state index is -3.05.